The number of rotatable bonds is 5. The summed E-state index contributed by atoms with van der Waals surface area (Å²) < 4.78 is 0. The zero-order chi connectivity index (χ0) is 17.0. The topological polar surface area (TPSA) is 66.4 Å². The molecule has 2 N–H and O–H groups in total. The van der Waals surface area contributed by atoms with Gasteiger partial charge in [0.05, 0.1) is 0 Å². The first-order valence-electron chi connectivity index (χ1n) is 7.49. The third kappa shape index (κ3) is 3.59. The van der Waals surface area contributed by atoms with E-state index in [1.54, 1.807) is 37.3 Å². The van der Waals surface area contributed by atoms with E-state index in [9.17, 15) is 14.7 Å². The lowest BCUT2D eigenvalue weighted by molar-refractivity contribution is -0.142. The normalized spacial score (nSPS) is 13.2. The van der Waals surface area contributed by atoms with E-state index in [-0.39, 0.29) is 12.5 Å². The van der Waals surface area contributed by atoms with Crippen LogP contribution < -0.4 is 5.32 Å². The van der Waals surface area contributed by atoms with Crippen molar-refractivity contribution >= 4 is 11.9 Å². The average molecular weight is 311 g/mol. The monoisotopic (exact) mass is 311 g/mol. The second-order valence-corrected chi connectivity index (χ2v) is 6.00. The fraction of sp³-hybridized carbons (Fsp3) is 0.263. The number of aryl methyl sites for hydroxylation is 2. The Bertz CT molecular complexity index is 725. The molecule has 0 spiro atoms. The van der Waals surface area contributed by atoms with Crippen LogP contribution in [0.15, 0.2) is 48.5 Å². The van der Waals surface area contributed by atoms with E-state index < -0.39 is 11.4 Å². The summed E-state index contributed by atoms with van der Waals surface area (Å²) in [5.74, 6) is -1.23. The van der Waals surface area contributed by atoms with Crippen molar-refractivity contribution in [3.63, 3.8) is 0 Å². The fourth-order valence-electron chi connectivity index (χ4n) is 2.53. The predicted octanol–water partition coefficient (Wildman–Crippen LogP) is 3.08. The van der Waals surface area contributed by atoms with Crippen LogP contribution in [-0.4, -0.2) is 23.5 Å². The number of benzene rings is 2. The molecule has 0 aliphatic heterocycles. The number of carboxylic acids is 1. The number of carbonyl (C=O) groups is 2. The second kappa shape index (κ2) is 6.65. The van der Waals surface area contributed by atoms with Crippen molar-refractivity contribution in [3.8, 4) is 0 Å². The third-order valence-electron chi connectivity index (χ3n) is 4.11. The van der Waals surface area contributed by atoms with Crippen LogP contribution in [0, 0.1) is 13.8 Å². The van der Waals surface area contributed by atoms with Gasteiger partial charge in [0.1, 0.15) is 5.41 Å². The van der Waals surface area contributed by atoms with E-state index in [0.29, 0.717) is 11.1 Å². The quantitative estimate of drug-likeness (QED) is 0.892. The highest BCUT2D eigenvalue weighted by Gasteiger charge is 2.35. The van der Waals surface area contributed by atoms with E-state index in [1.165, 1.54) is 0 Å². The van der Waals surface area contributed by atoms with Crippen LogP contribution in [-0.2, 0) is 10.2 Å². The maximum absolute atomic E-state index is 12.4. The first kappa shape index (κ1) is 16.7. The highest BCUT2D eigenvalue weighted by atomic mass is 16.4. The molecule has 0 aromatic heterocycles. The van der Waals surface area contributed by atoms with E-state index in [4.69, 9.17) is 0 Å². The minimum Gasteiger partial charge on any atom is -0.481 e. The number of hydrogen-bond donors (Lipinski definition) is 2. The molecule has 1 unspecified atom stereocenters. The van der Waals surface area contributed by atoms with Crippen molar-refractivity contribution in [1.29, 1.82) is 0 Å². The minimum absolute atomic E-state index is 0.0263. The largest absolute Gasteiger partial charge is 0.481 e. The van der Waals surface area contributed by atoms with Crippen LogP contribution in [0.2, 0.25) is 0 Å². The van der Waals surface area contributed by atoms with E-state index in [2.05, 4.69) is 5.32 Å². The number of aliphatic carboxylic acids is 1. The lowest BCUT2D eigenvalue weighted by Gasteiger charge is -2.26. The van der Waals surface area contributed by atoms with E-state index in [0.717, 1.165) is 11.1 Å². The average Bonchev–Trinajstić information content (AvgIpc) is 2.53. The zero-order valence-corrected chi connectivity index (χ0v) is 13.6. The molecule has 1 amide bonds. The Morgan fingerprint density at radius 2 is 1.74 bits per heavy atom. The van der Waals surface area contributed by atoms with Gasteiger partial charge in [-0.2, -0.15) is 0 Å². The molecule has 4 nitrogen and oxygen atoms in total. The van der Waals surface area contributed by atoms with Gasteiger partial charge in [-0.1, -0.05) is 48.0 Å². The summed E-state index contributed by atoms with van der Waals surface area (Å²) in [6, 6.07) is 14.5. The van der Waals surface area contributed by atoms with Crippen LogP contribution in [0.5, 0.6) is 0 Å². The summed E-state index contributed by atoms with van der Waals surface area (Å²) in [7, 11) is 0. The van der Waals surface area contributed by atoms with Crippen molar-refractivity contribution < 1.29 is 14.7 Å². The van der Waals surface area contributed by atoms with Gasteiger partial charge in [-0.3, -0.25) is 9.59 Å². The van der Waals surface area contributed by atoms with E-state index in [1.807, 2.05) is 32.0 Å². The molecule has 4 heteroatoms. The standard InChI is InChI=1S/C19H21NO3/c1-13-9-10-16(14(2)11-13)17(21)20-12-19(3,18(22)23)15-7-5-4-6-8-15/h4-11H,12H2,1-3H3,(H,20,21)(H,22,23). The number of hydrogen-bond acceptors (Lipinski definition) is 2. The minimum atomic E-state index is -1.17. The van der Waals surface area contributed by atoms with Gasteiger partial charge in [0.25, 0.3) is 5.91 Å². The summed E-state index contributed by atoms with van der Waals surface area (Å²) >= 11 is 0. The SMILES string of the molecule is Cc1ccc(C(=O)NCC(C)(C(=O)O)c2ccccc2)c(C)c1. The Morgan fingerprint density at radius 3 is 2.30 bits per heavy atom. The van der Waals surface area contributed by atoms with Gasteiger partial charge in [0.2, 0.25) is 0 Å². The smallest absolute Gasteiger partial charge is 0.315 e. The number of carbonyl (C=O) groups excluding carboxylic acids is 1. The molecule has 0 aliphatic carbocycles. The van der Waals surface area contributed by atoms with Crippen LogP contribution in [0.1, 0.15) is 34.0 Å². The highest BCUT2D eigenvalue weighted by Crippen LogP contribution is 2.23. The molecule has 0 radical (unpaired) electrons. The molecular weight excluding hydrogens is 290 g/mol. The maximum atomic E-state index is 12.4. The van der Waals surface area contributed by atoms with Gasteiger partial charge in [0.15, 0.2) is 0 Å². The molecule has 0 saturated heterocycles. The van der Waals surface area contributed by atoms with Crippen molar-refractivity contribution in [1.82, 2.24) is 5.32 Å². The molecule has 0 saturated carbocycles. The molecular formula is C19H21NO3. The number of carboxylic acid groups (broad SMARTS) is 1. The molecule has 120 valence electrons. The summed E-state index contributed by atoms with van der Waals surface area (Å²) in [5.41, 5.74) is 2.01. The van der Waals surface area contributed by atoms with Gasteiger partial charge in [0, 0.05) is 12.1 Å². The van der Waals surface area contributed by atoms with Crippen LogP contribution in [0.3, 0.4) is 0 Å². The molecule has 0 aliphatic rings. The lowest BCUT2D eigenvalue weighted by Crippen LogP contribution is -2.44. The summed E-state index contributed by atoms with van der Waals surface area (Å²) in [6.45, 7) is 5.48. The molecule has 2 aromatic rings. The molecule has 2 rings (SSSR count). The zero-order valence-electron chi connectivity index (χ0n) is 13.6. The lowest BCUT2D eigenvalue weighted by atomic mass is 9.82. The molecule has 0 heterocycles. The highest BCUT2D eigenvalue weighted by molar-refractivity contribution is 5.96. The predicted molar refractivity (Wildman–Crippen MR) is 89.7 cm³/mol. The third-order valence-corrected chi connectivity index (χ3v) is 4.11. The number of amides is 1. The molecule has 23 heavy (non-hydrogen) atoms. The maximum Gasteiger partial charge on any atom is 0.315 e. The second-order valence-electron chi connectivity index (χ2n) is 6.00. The van der Waals surface area contributed by atoms with Crippen molar-refractivity contribution in [3.05, 3.63) is 70.8 Å². The molecule has 0 fully saturated rings. The van der Waals surface area contributed by atoms with Crippen LogP contribution >= 0.6 is 0 Å². The number of nitrogens with one attached hydrogen (secondary N) is 1. The Hall–Kier alpha value is -2.62. The summed E-state index contributed by atoms with van der Waals surface area (Å²) in [4.78, 5) is 24.1. The Morgan fingerprint density at radius 1 is 1.09 bits per heavy atom. The van der Waals surface area contributed by atoms with Gasteiger partial charge < -0.3 is 10.4 Å². The van der Waals surface area contributed by atoms with Crippen LogP contribution in [0.25, 0.3) is 0 Å². The van der Waals surface area contributed by atoms with Gasteiger partial charge >= 0.3 is 5.97 Å². The van der Waals surface area contributed by atoms with Gasteiger partial charge in [-0.25, -0.2) is 0 Å². The van der Waals surface area contributed by atoms with Gasteiger partial charge in [-0.05, 0) is 38.0 Å². The van der Waals surface area contributed by atoms with Crippen LogP contribution in [0.4, 0.5) is 0 Å². The molecule has 1 atom stereocenters. The first-order valence-corrected chi connectivity index (χ1v) is 7.49. The Labute approximate surface area is 136 Å². The molecule has 0 bridgehead atoms. The van der Waals surface area contributed by atoms with Crippen molar-refractivity contribution in [2.75, 3.05) is 6.54 Å². The Balaban J connectivity index is 2.19. The van der Waals surface area contributed by atoms with Crippen molar-refractivity contribution in [2.45, 2.75) is 26.2 Å². The van der Waals surface area contributed by atoms with Crippen molar-refractivity contribution in [2.24, 2.45) is 0 Å². The summed E-state index contributed by atoms with van der Waals surface area (Å²) in [5, 5.41) is 12.4. The Kier molecular flexibility index (Phi) is 4.84. The fourth-order valence-corrected chi connectivity index (χ4v) is 2.53. The van der Waals surface area contributed by atoms with E-state index >= 15 is 0 Å². The first-order chi connectivity index (χ1) is 10.8. The van der Waals surface area contributed by atoms with Gasteiger partial charge in [-0.15, -0.1) is 0 Å². The summed E-state index contributed by atoms with van der Waals surface area (Å²) in [6.07, 6.45) is 0. The molecule has 2 aromatic carbocycles.